The Morgan fingerprint density at radius 1 is 1.60 bits per heavy atom. The number of hydrogen-bond acceptors (Lipinski definition) is 5. The van der Waals surface area contributed by atoms with Gasteiger partial charge in [0.2, 0.25) is 11.7 Å². The Labute approximate surface area is 92.1 Å². The fourth-order valence-electron chi connectivity index (χ4n) is 1.21. The van der Waals surface area contributed by atoms with Crippen molar-refractivity contribution in [3.05, 3.63) is 23.4 Å². The molecule has 4 nitrogen and oxygen atoms in total. The smallest absolute Gasteiger partial charge is 0.227 e. The van der Waals surface area contributed by atoms with Gasteiger partial charge in [-0.2, -0.15) is 4.98 Å². The van der Waals surface area contributed by atoms with Gasteiger partial charge in [-0.1, -0.05) is 11.2 Å². The van der Waals surface area contributed by atoms with Crippen molar-refractivity contribution in [2.45, 2.75) is 25.8 Å². The highest BCUT2D eigenvalue weighted by atomic mass is 32.1. The van der Waals surface area contributed by atoms with E-state index in [0.717, 1.165) is 17.7 Å². The van der Waals surface area contributed by atoms with Crippen molar-refractivity contribution in [1.82, 2.24) is 10.1 Å². The number of thiophene rings is 1. The average molecular weight is 223 g/mol. The van der Waals surface area contributed by atoms with Gasteiger partial charge in [0.1, 0.15) is 0 Å². The van der Waals surface area contributed by atoms with Gasteiger partial charge in [-0.15, -0.1) is 11.3 Å². The number of nitrogens with zero attached hydrogens (tertiary/aromatic N) is 2. The van der Waals surface area contributed by atoms with E-state index >= 15 is 0 Å². The third kappa shape index (κ3) is 2.64. The molecule has 0 aliphatic carbocycles. The molecule has 0 radical (unpaired) electrons. The van der Waals surface area contributed by atoms with Gasteiger partial charge < -0.3 is 10.3 Å². The molecular weight excluding hydrogens is 210 g/mol. The lowest BCUT2D eigenvalue weighted by Gasteiger charge is -1.99. The molecule has 0 aromatic carbocycles. The van der Waals surface area contributed by atoms with Crippen molar-refractivity contribution < 1.29 is 4.52 Å². The van der Waals surface area contributed by atoms with Crippen LogP contribution in [0.4, 0.5) is 0 Å². The van der Waals surface area contributed by atoms with Crippen LogP contribution < -0.4 is 5.73 Å². The lowest BCUT2D eigenvalue weighted by molar-refractivity contribution is 0.373. The minimum absolute atomic E-state index is 0.169. The first-order valence-electron chi connectivity index (χ1n) is 4.88. The molecule has 0 saturated carbocycles. The third-order valence-corrected chi connectivity index (χ3v) is 2.89. The van der Waals surface area contributed by atoms with Crippen molar-refractivity contribution >= 4 is 11.3 Å². The second-order valence-electron chi connectivity index (χ2n) is 3.50. The van der Waals surface area contributed by atoms with Gasteiger partial charge in [0.25, 0.3) is 0 Å². The highest BCUT2D eigenvalue weighted by molar-refractivity contribution is 7.13. The summed E-state index contributed by atoms with van der Waals surface area (Å²) in [5.41, 5.74) is 5.65. The molecule has 0 spiro atoms. The molecular formula is C10H13N3OS. The second-order valence-corrected chi connectivity index (χ2v) is 4.45. The zero-order valence-electron chi connectivity index (χ0n) is 8.51. The summed E-state index contributed by atoms with van der Waals surface area (Å²) in [6.07, 6.45) is 1.61. The molecule has 0 saturated heterocycles. The topological polar surface area (TPSA) is 64.9 Å². The van der Waals surface area contributed by atoms with Crippen LogP contribution in [0.2, 0.25) is 0 Å². The van der Waals surface area contributed by atoms with Crippen molar-refractivity contribution in [2.24, 2.45) is 5.73 Å². The summed E-state index contributed by atoms with van der Waals surface area (Å²) in [5, 5.41) is 5.91. The first kappa shape index (κ1) is 10.3. The predicted molar refractivity (Wildman–Crippen MR) is 59.6 cm³/mol. The highest BCUT2D eigenvalue weighted by Gasteiger charge is 2.09. The van der Waals surface area contributed by atoms with Gasteiger partial charge in [0, 0.05) is 12.5 Å². The average Bonchev–Trinajstić information content (AvgIpc) is 2.85. The minimum Gasteiger partial charge on any atom is -0.339 e. The van der Waals surface area contributed by atoms with Crippen LogP contribution in [0.15, 0.2) is 22.0 Å². The van der Waals surface area contributed by atoms with Crippen LogP contribution in [-0.2, 0) is 6.42 Å². The third-order valence-electron chi connectivity index (χ3n) is 2.02. The molecule has 0 aliphatic rings. The monoisotopic (exact) mass is 223 g/mol. The molecule has 2 N–H and O–H groups in total. The Hall–Kier alpha value is -1.20. The fourth-order valence-corrected chi connectivity index (χ4v) is 1.86. The molecule has 2 rings (SSSR count). The largest absolute Gasteiger partial charge is 0.339 e. The predicted octanol–water partition coefficient (Wildman–Crippen LogP) is 2.08. The molecule has 0 fully saturated rings. The summed E-state index contributed by atoms with van der Waals surface area (Å²) >= 11 is 1.60. The lowest BCUT2D eigenvalue weighted by atomic mass is 10.2. The maximum Gasteiger partial charge on any atom is 0.227 e. The Morgan fingerprint density at radius 2 is 2.47 bits per heavy atom. The molecule has 1 unspecified atom stereocenters. The lowest BCUT2D eigenvalue weighted by Crippen LogP contribution is -2.15. The molecule has 5 heteroatoms. The summed E-state index contributed by atoms with van der Waals surface area (Å²) in [6, 6.07) is 4.12. The Morgan fingerprint density at radius 3 is 3.13 bits per heavy atom. The Kier molecular flexibility index (Phi) is 3.13. The van der Waals surface area contributed by atoms with Gasteiger partial charge in [-0.05, 0) is 24.8 Å². The molecule has 1 atom stereocenters. The van der Waals surface area contributed by atoms with E-state index in [1.807, 2.05) is 24.4 Å². The SMILES string of the molecule is CC(N)CCc1nc(-c2cccs2)no1. The summed E-state index contributed by atoms with van der Waals surface area (Å²) < 4.78 is 5.13. The second kappa shape index (κ2) is 4.55. The summed E-state index contributed by atoms with van der Waals surface area (Å²) in [7, 11) is 0. The molecule has 0 aliphatic heterocycles. The van der Waals surface area contributed by atoms with E-state index in [1.165, 1.54) is 0 Å². The molecule has 15 heavy (non-hydrogen) atoms. The van der Waals surface area contributed by atoms with E-state index in [2.05, 4.69) is 10.1 Å². The van der Waals surface area contributed by atoms with Crippen molar-refractivity contribution in [1.29, 1.82) is 0 Å². The van der Waals surface area contributed by atoms with Crippen molar-refractivity contribution in [2.75, 3.05) is 0 Å². The van der Waals surface area contributed by atoms with Crippen LogP contribution in [0.5, 0.6) is 0 Å². The first-order chi connectivity index (χ1) is 7.25. The zero-order valence-corrected chi connectivity index (χ0v) is 9.33. The number of hydrogen-bond donors (Lipinski definition) is 1. The van der Waals surface area contributed by atoms with Crippen molar-refractivity contribution in [3.8, 4) is 10.7 Å². The van der Waals surface area contributed by atoms with E-state index in [0.29, 0.717) is 11.7 Å². The van der Waals surface area contributed by atoms with Gasteiger partial charge in [-0.3, -0.25) is 0 Å². The highest BCUT2D eigenvalue weighted by Crippen LogP contribution is 2.21. The van der Waals surface area contributed by atoms with Crippen molar-refractivity contribution in [3.63, 3.8) is 0 Å². The van der Waals surface area contributed by atoms with E-state index in [1.54, 1.807) is 11.3 Å². The van der Waals surface area contributed by atoms with Gasteiger partial charge in [0.15, 0.2) is 0 Å². The first-order valence-corrected chi connectivity index (χ1v) is 5.75. The van der Waals surface area contributed by atoms with Crippen LogP contribution in [0.25, 0.3) is 10.7 Å². The van der Waals surface area contributed by atoms with Gasteiger partial charge >= 0.3 is 0 Å². The molecule has 80 valence electrons. The van der Waals surface area contributed by atoms with Crippen LogP contribution in [0.3, 0.4) is 0 Å². The molecule has 2 aromatic rings. The molecule has 0 bridgehead atoms. The van der Waals surface area contributed by atoms with Crippen LogP contribution in [-0.4, -0.2) is 16.2 Å². The molecule has 0 amide bonds. The minimum atomic E-state index is 0.169. The number of aryl methyl sites for hydroxylation is 1. The summed E-state index contributed by atoms with van der Waals surface area (Å²) in [6.45, 7) is 1.97. The Balaban J connectivity index is 2.04. The van der Waals surface area contributed by atoms with Gasteiger partial charge in [-0.25, -0.2) is 0 Å². The van der Waals surface area contributed by atoms with Crippen LogP contribution in [0.1, 0.15) is 19.2 Å². The summed E-state index contributed by atoms with van der Waals surface area (Å²) in [4.78, 5) is 5.33. The summed E-state index contributed by atoms with van der Waals surface area (Å²) in [5.74, 6) is 1.33. The van der Waals surface area contributed by atoms with E-state index < -0.39 is 0 Å². The zero-order chi connectivity index (χ0) is 10.7. The number of rotatable bonds is 4. The Bertz CT molecular complexity index is 408. The fraction of sp³-hybridized carbons (Fsp3) is 0.400. The number of aromatic nitrogens is 2. The molecule has 2 heterocycles. The van der Waals surface area contributed by atoms with Crippen LogP contribution in [0, 0.1) is 0 Å². The number of nitrogens with two attached hydrogens (primary N) is 1. The normalized spacial score (nSPS) is 12.9. The van der Waals surface area contributed by atoms with E-state index in [4.69, 9.17) is 10.3 Å². The van der Waals surface area contributed by atoms with Crippen LogP contribution >= 0.6 is 11.3 Å². The van der Waals surface area contributed by atoms with E-state index in [9.17, 15) is 0 Å². The standard InChI is InChI=1S/C10H13N3OS/c1-7(11)4-5-9-12-10(13-14-9)8-3-2-6-15-8/h2-3,6-7H,4-5,11H2,1H3. The quantitative estimate of drug-likeness (QED) is 0.861. The molecule has 2 aromatic heterocycles. The van der Waals surface area contributed by atoms with Gasteiger partial charge in [0.05, 0.1) is 4.88 Å². The van der Waals surface area contributed by atoms with E-state index in [-0.39, 0.29) is 6.04 Å². The maximum absolute atomic E-state index is 5.65. The maximum atomic E-state index is 5.65.